The molecule has 1 aromatic rings. The molecule has 0 radical (unpaired) electrons. The number of fused-ring (bicyclic) bond motifs is 1. The Morgan fingerprint density at radius 3 is 3.07 bits per heavy atom. The van der Waals surface area contributed by atoms with Crippen molar-refractivity contribution >= 4 is 11.6 Å². The second kappa shape index (κ2) is 4.19. The van der Waals surface area contributed by atoms with Crippen molar-refractivity contribution in [3.8, 4) is 0 Å². The maximum atomic E-state index is 10.5. The molecule has 80 valence electrons. The van der Waals surface area contributed by atoms with Crippen LogP contribution in [0, 0.1) is 4.91 Å². The first-order valence-electron chi connectivity index (χ1n) is 5.07. The van der Waals surface area contributed by atoms with E-state index in [1.807, 2.05) is 18.2 Å². The Kier molecular flexibility index (Phi) is 2.91. The molecular weight excluding hydrogens is 212 g/mol. The van der Waals surface area contributed by atoms with Gasteiger partial charge >= 0.3 is 0 Å². The third-order valence-corrected chi connectivity index (χ3v) is 3.11. The second-order valence-electron chi connectivity index (χ2n) is 3.99. The Bertz CT molecular complexity index is 381. The van der Waals surface area contributed by atoms with Gasteiger partial charge in [0.05, 0.1) is 5.29 Å². The van der Waals surface area contributed by atoms with E-state index >= 15 is 0 Å². The SMILES string of the molecule is C[C@H]1CN(N=O)CCc2ccc(Cl)cc21. The van der Waals surface area contributed by atoms with Gasteiger partial charge in [0, 0.05) is 24.0 Å². The monoisotopic (exact) mass is 224 g/mol. The van der Waals surface area contributed by atoms with Crippen LogP contribution in [0.1, 0.15) is 24.0 Å². The van der Waals surface area contributed by atoms with Gasteiger partial charge in [-0.15, -0.1) is 4.91 Å². The second-order valence-corrected chi connectivity index (χ2v) is 4.42. The Labute approximate surface area is 94.0 Å². The average molecular weight is 225 g/mol. The lowest BCUT2D eigenvalue weighted by molar-refractivity contribution is 0.282. The number of halogens is 1. The summed E-state index contributed by atoms with van der Waals surface area (Å²) in [4.78, 5) is 10.5. The largest absolute Gasteiger partial charge is 0.260 e. The highest BCUT2D eigenvalue weighted by Crippen LogP contribution is 2.27. The maximum absolute atomic E-state index is 10.5. The van der Waals surface area contributed by atoms with Gasteiger partial charge in [0.25, 0.3) is 0 Å². The molecule has 15 heavy (non-hydrogen) atoms. The normalized spacial score (nSPS) is 20.7. The molecule has 0 spiro atoms. The minimum atomic E-state index is 0.305. The van der Waals surface area contributed by atoms with E-state index in [1.54, 1.807) is 5.01 Å². The van der Waals surface area contributed by atoms with Crippen LogP contribution in [0.2, 0.25) is 5.02 Å². The molecule has 0 saturated heterocycles. The molecule has 4 heteroatoms. The Morgan fingerprint density at radius 2 is 2.33 bits per heavy atom. The fourth-order valence-electron chi connectivity index (χ4n) is 2.08. The highest BCUT2D eigenvalue weighted by atomic mass is 35.5. The minimum absolute atomic E-state index is 0.305. The van der Waals surface area contributed by atoms with E-state index in [2.05, 4.69) is 12.2 Å². The lowest BCUT2D eigenvalue weighted by atomic mass is 9.95. The van der Waals surface area contributed by atoms with Crippen molar-refractivity contribution < 1.29 is 0 Å². The Hall–Kier alpha value is -1.09. The molecule has 2 rings (SSSR count). The third kappa shape index (κ3) is 2.12. The first kappa shape index (κ1) is 10.4. The fraction of sp³-hybridized carbons (Fsp3) is 0.455. The van der Waals surface area contributed by atoms with Crippen LogP contribution in [0.5, 0.6) is 0 Å². The molecule has 3 nitrogen and oxygen atoms in total. The molecule has 0 unspecified atom stereocenters. The summed E-state index contributed by atoms with van der Waals surface area (Å²) in [5.41, 5.74) is 2.52. The molecule has 1 aliphatic rings. The standard InChI is InChI=1S/C11H13ClN2O/c1-8-7-14(13-15)5-4-9-2-3-10(12)6-11(8)9/h2-3,6,8H,4-5,7H2,1H3/t8-/m0/s1. The van der Waals surface area contributed by atoms with Gasteiger partial charge in [0.2, 0.25) is 0 Å². The van der Waals surface area contributed by atoms with E-state index in [1.165, 1.54) is 11.1 Å². The van der Waals surface area contributed by atoms with Crippen molar-refractivity contribution in [1.82, 2.24) is 5.01 Å². The van der Waals surface area contributed by atoms with Crippen molar-refractivity contribution in [3.05, 3.63) is 39.3 Å². The number of benzene rings is 1. The van der Waals surface area contributed by atoms with E-state index in [-0.39, 0.29) is 0 Å². The first-order chi connectivity index (χ1) is 7.20. The van der Waals surface area contributed by atoms with Crippen molar-refractivity contribution in [2.45, 2.75) is 19.3 Å². The highest BCUT2D eigenvalue weighted by Gasteiger charge is 2.19. The molecule has 0 saturated carbocycles. The molecule has 0 fully saturated rings. The molecule has 0 aromatic heterocycles. The third-order valence-electron chi connectivity index (χ3n) is 2.88. The van der Waals surface area contributed by atoms with E-state index in [4.69, 9.17) is 11.6 Å². The summed E-state index contributed by atoms with van der Waals surface area (Å²) < 4.78 is 0. The van der Waals surface area contributed by atoms with E-state index < -0.39 is 0 Å². The zero-order valence-corrected chi connectivity index (χ0v) is 9.37. The summed E-state index contributed by atoms with van der Waals surface area (Å²) in [7, 11) is 0. The van der Waals surface area contributed by atoms with Crippen molar-refractivity contribution in [2.75, 3.05) is 13.1 Å². The van der Waals surface area contributed by atoms with Crippen LogP contribution in [0.25, 0.3) is 0 Å². The Morgan fingerprint density at radius 1 is 1.53 bits per heavy atom. The van der Waals surface area contributed by atoms with Gasteiger partial charge in [-0.1, -0.05) is 24.6 Å². The highest BCUT2D eigenvalue weighted by molar-refractivity contribution is 6.30. The van der Waals surface area contributed by atoms with Crippen LogP contribution in [-0.2, 0) is 6.42 Å². The van der Waals surface area contributed by atoms with Gasteiger partial charge in [-0.2, -0.15) is 0 Å². The number of hydrogen-bond donors (Lipinski definition) is 0. The first-order valence-corrected chi connectivity index (χ1v) is 5.45. The summed E-state index contributed by atoms with van der Waals surface area (Å²) in [5.74, 6) is 0.305. The zero-order valence-electron chi connectivity index (χ0n) is 8.61. The summed E-state index contributed by atoms with van der Waals surface area (Å²) >= 11 is 5.97. The van der Waals surface area contributed by atoms with Crippen LogP contribution in [0.15, 0.2) is 23.5 Å². The summed E-state index contributed by atoms with van der Waals surface area (Å²) in [6.45, 7) is 3.47. The van der Waals surface area contributed by atoms with E-state index in [0.29, 0.717) is 19.0 Å². The van der Waals surface area contributed by atoms with E-state index in [0.717, 1.165) is 11.4 Å². The molecule has 0 N–H and O–H groups in total. The van der Waals surface area contributed by atoms with Gasteiger partial charge in [-0.25, -0.2) is 0 Å². The predicted molar refractivity (Wildman–Crippen MR) is 60.9 cm³/mol. The van der Waals surface area contributed by atoms with Gasteiger partial charge in [0.1, 0.15) is 0 Å². The van der Waals surface area contributed by atoms with E-state index in [9.17, 15) is 4.91 Å². The molecule has 1 aliphatic heterocycles. The molecular formula is C11H13ClN2O. The summed E-state index contributed by atoms with van der Waals surface area (Å²) in [6.07, 6.45) is 0.864. The zero-order chi connectivity index (χ0) is 10.8. The van der Waals surface area contributed by atoms with Gasteiger partial charge in [-0.05, 0) is 29.7 Å². The average Bonchev–Trinajstić information content (AvgIpc) is 2.39. The van der Waals surface area contributed by atoms with Gasteiger partial charge in [0.15, 0.2) is 0 Å². The number of nitroso groups, excluding NO2 is 1. The number of nitrogens with zero attached hydrogens (tertiary/aromatic N) is 2. The Balaban J connectivity index is 2.35. The molecule has 0 amide bonds. The van der Waals surface area contributed by atoms with Crippen LogP contribution < -0.4 is 0 Å². The topological polar surface area (TPSA) is 32.7 Å². The summed E-state index contributed by atoms with van der Waals surface area (Å²) in [6, 6.07) is 5.94. The molecule has 0 bridgehead atoms. The minimum Gasteiger partial charge on any atom is -0.260 e. The smallest absolute Gasteiger partial charge is 0.0524 e. The molecule has 0 aliphatic carbocycles. The maximum Gasteiger partial charge on any atom is 0.0524 e. The lowest BCUT2D eigenvalue weighted by Gasteiger charge is -2.15. The fourth-order valence-corrected chi connectivity index (χ4v) is 2.26. The van der Waals surface area contributed by atoms with Crippen molar-refractivity contribution in [3.63, 3.8) is 0 Å². The number of rotatable bonds is 1. The van der Waals surface area contributed by atoms with Crippen molar-refractivity contribution in [2.24, 2.45) is 5.29 Å². The van der Waals surface area contributed by atoms with Crippen LogP contribution in [-0.4, -0.2) is 18.1 Å². The lowest BCUT2D eigenvalue weighted by Crippen LogP contribution is -2.21. The van der Waals surface area contributed by atoms with Crippen LogP contribution in [0.3, 0.4) is 0 Å². The quantitative estimate of drug-likeness (QED) is 0.687. The van der Waals surface area contributed by atoms with Crippen LogP contribution >= 0.6 is 11.6 Å². The molecule has 1 heterocycles. The van der Waals surface area contributed by atoms with Gasteiger partial charge in [-0.3, -0.25) is 5.01 Å². The molecule has 1 atom stereocenters. The summed E-state index contributed by atoms with van der Waals surface area (Å²) in [5, 5.41) is 5.35. The predicted octanol–water partition coefficient (Wildman–Crippen LogP) is 2.98. The van der Waals surface area contributed by atoms with Crippen LogP contribution in [0.4, 0.5) is 0 Å². The van der Waals surface area contributed by atoms with Crippen molar-refractivity contribution in [1.29, 1.82) is 0 Å². The number of hydrogen-bond acceptors (Lipinski definition) is 2. The van der Waals surface area contributed by atoms with Gasteiger partial charge < -0.3 is 0 Å². The molecule has 1 aromatic carbocycles.